The summed E-state index contributed by atoms with van der Waals surface area (Å²) in [6.45, 7) is 17.0. The Morgan fingerprint density at radius 1 is 0.886 bits per heavy atom. The third kappa shape index (κ3) is 5.10. The summed E-state index contributed by atoms with van der Waals surface area (Å²) in [4.78, 5) is 26.2. The topological polar surface area (TPSA) is 72.5 Å². The van der Waals surface area contributed by atoms with Crippen molar-refractivity contribution in [3.8, 4) is 0 Å². The number of carbonyl (C=O) groups is 1. The standard InChI is InChI=1S/C36H50O7Si/c1-24-19-20-29-25(2)30(40-32-36(29)28(24)21-22-35(8,41-32)42-43-36)39-31(37)34(6,7)23-38-44(33(3,4)5,26-15-11-9-12-16-26)27-17-13-10-14-18-27/h9-18,24-25,28-30,32H,19-23H2,1-8H3/t24-,25-,28+,29+,30+,32-,35-,36-/m1/s1. The van der Waals surface area contributed by atoms with Crippen LogP contribution < -0.4 is 10.4 Å². The van der Waals surface area contributed by atoms with Gasteiger partial charge in [0.05, 0.1) is 12.0 Å². The van der Waals surface area contributed by atoms with Crippen LogP contribution in [0.4, 0.5) is 0 Å². The predicted octanol–water partition coefficient (Wildman–Crippen LogP) is 6.34. The first-order valence-corrected chi connectivity index (χ1v) is 18.3. The molecule has 4 heterocycles. The van der Waals surface area contributed by atoms with Crippen LogP contribution >= 0.6 is 0 Å². The summed E-state index contributed by atoms with van der Waals surface area (Å²) in [7, 11) is -2.83. The SMILES string of the molecule is C[C@H]1[C@@H](OC(=O)C(C)(C)CO[Si](c2ccccc2)(c2ccccc2)C(C)(C)C)O[C@@H]2O[C@@]3(C)CC[C@H]4[C@H](C)CC[C@@H]1[C@@]24OO3. The highest BCUT2D eigenvalue weighted by Crippen LogP contribution is 2.60. The predicted molar refractivity (Wildman–Crippen MR) is 170 cm³/mol. The first-order chi connectivity index (χ1) is 20.7. The van der Waals surface area contributed by atoms with E-state index in [1.165, 1.54) is 10.4 Å². The third-order valence-corrected chi connectivity index (χ3v) is 15.9. The molecule has 0 amide bonds. The van der Waals surface area contributed by atoms with Crippen molar-refractivity contribution in [3.63, 3.8) is 0 Å². The van der Waals surface area contributed by atoms with E-state index in [4.69, 9.17) is 28.4 Å². The zero-order chi connectivity index (χ0) is 31.5. The summed E-state index contributed by atoms with van der Waals surface area (Å²) < 4.78 is 26.4. The fourth-order valence-electron chi connectivity index (χ4n) is 8.38. The van der Waals surface area contributed by atoms with Crippen molar-refractivity contribution in [1.29, 1.82) is 0 Å². The van der Waals surface area contributed by atoms with Gasteiger partial charge in [-0.2, -0.15) is 0 Å². The Kier molecular flexibility index (Phi) is 8.20. The monoisotopic (exact) mass is 622 g/mol. The van der Waals surface area contributed by atoms with Crippen molar-refractivity contribution in [2.24, 2.45) is 29.1 Å². The molecule has 0 N–H and O–H groups in total. The van der Waals surface area contributed by atoms with Gasteiger partial charge in [0.25, 0.3) is 8.32 Å². The van der Waals surface area contributed by atoms with Crippen LogP contribution in [0.25, 0.3) is 0 Å². The number of hydrogen-bond donors (Lipinski definition) is 0. The normalized spacial score (nSPS) is 35.5. The molecule has 0 radical (unpaired) electrons. The van der Waals surface area contributed by atoms with Crippen LogP contribution in [0.1, 0.15) is 81.1 Å². The highest BCUT2D eigenvalue weighted by Gasteiger charge is 2.70. The number of fused-ring (bicyclic) bond motifs is 2. The van der Waals surface area contributed by atoms with E-state index in [2.05, 4.69) is 83.1 Å². The van der Waals surface area contributed by atoms with Crippen molar-refractivity contribution < 1.29 is 33.2 Å². The maximum absolute atomic E-state index is 14.0. The van der Waals surface area contributed by atoms with Gasteiger partial charge in [0.2, 0.25) is 12.1 Å². The molecule has 4 saturated heterocycles. The Balaban J connectivity index is 1.25. The summed E-state index contributed by atoms with van der Waals surface area (Å²) in [5.41, 5.74) is -1.62. The summed E-state index contributed by atoms with van der Waals surface area (Å²) in [6.07, 6.45) is 2.31. The van der Waals surface area contributed by atoms with Gasteiger partial charge in [-0.15, -0.1) is 0 Å². The molecule has 2 aromatic rings. The van der Waals surface area contributed by atoms with Gasteiger partial charge in [-0.1, -0.05) is 95.3 Å². The molecule has 2 aromatic carbocycles. The molecule has 7 rings (SSSR count). The number of hydrogen-bond acceptors (Lipinski definition) is 7. The molecule has 1 saturated carbocycles. The molecule has 1 aliphatic carbocycles. The van der Waals surface area contributed by atoms with Gasteiger partial charge in [0.15, 0.2) is 11.9 Å². The number of esters is 1. The van der Waals surface area contributed by atoms with E-state index in [9.17, 15) is 4.79 Å². The van der Waals surface area contributed by atoms with E-state index >= 15 is 0 Å². The lowest BCUT2D eigenvalue weighted by Crippen LogP contribution is -2.70. The molecule has 1 spiro atoms. The van der Waals surface area contributed by atoms with Gasteiger partial charge >= 0.3 is 5.97 Å². The number of benzene rings is 2. The van der Waals surface area contributed by atoms with Gasteiger partial charge in [0.1, 0.15) is 0 Å². The van der Waals surface area contributed by atoms with Crippen LogP contribution in [0.3, 0.4) is 0 Å². The van der Waals surface area contributed by atoms with E-state index in [1.807, 2.05) is 32.9 Å². The van der Waals surface area contributed by atoms with Crippen molar-refractivity contribution >= 4 is 24.7 Å². The van der Waals surface area contributed by atoms with E-state index < -0.39 is 37.7 Å². The van der Waals surface area contributed by atoms with E-state index in [0.29, 0.717) is 5.92 Å². The minimum atomic E-state index is -2.83. The van der Waals surface area contributed by atoms with Gasteiger partial charge in [0, 0.05) is 18.3 Å². The largest absolute Gasteiger partial charge is 0.435 e. The summed E-state index contributed by atoms with van der Waals surface area (Å²) >= 11 is 0. The van der Waals surface area contributed by atoms with Crippen molar-refractivity contribution in [3.05, 3.63) is 60.7 Å². The number of carbonyl (C=O) groups excluding carboxylic acids is 1. The van der Waals surface area contributed by atoms with Crippen molar-refractivity contribution in [1.82, 2.24) is 0 Å². The fraction of sp³-hybridized carbons (Fsp3) is 0.639. The maximum Gasteiger partial charge on any atom is 0.316 e. The molecule has 240 valence electrons. The van der Waals surface area contributed by atoms with E-state index in [-0.39, 0.29) is 35.4 Å². The average molecular weight is 623 g/mol. The molecule has 5 fully saturated rings. The Labute approximate surface area is 264 Å². The Bertz CT molecular complexity index is 1290. The quantitative estimate of drug-likeness (QED) is 0.203. The molecule has 5 aliphatic rings. The highest BCUT2D eigenvalue weighted by molar-refractivity contribution is 6.99. The smallest absolute Gasteiger partial charge is 0.316 e. The minimum Gasteiger partial charge on any atom is -0.435 e. The summed E-state index contributed by atoms with van der Waals surface area (Å²) in [5.74, 6) is -0.506. The second kappa shape index (κ2) is 11.3. The molecular formula is C36H50O7Si. The fourth-order valence-corrected chi connectivity index (χ4v) is 13.1. The maximum atomic E-state index is 14.0. The molecule has 0 aromatic heterocycles. The summed E-state index contributed by atoms with van der Waals surface area (Å²) in [5, 5.41) is 2.15. The zero-order valence-corrected chi connectivity index (χ0v) is 28.6. The van der Waals surface area contributed by atoms with Crippen molar-refractivity contribution in [2.75, 3.05) is 6.61 Å². The van der Waals surface area contributed by atoms with Gasteiger partial charge < -0.3 is 18.6 Å². The van der Waals surface area contributed by atoms with Crippen molar-refractivity contribution in [2.45, 2.75) is 110 Å². The second-order valence-corrected chi connectivity index (χ2v) is 19.8. The van der Waals surface area contributed by atoms with Crippen LogP contribution in [0.15, 0.2) is 60.7 Å². The van der Waals surface area contributed by atoms with Gasteiger partial charge in [-0.3, -0.25) is 4.79 Å². The first kappa shape index (κ1) is 31.9. The van der Waals surface area contributed by atoms with Crippen LogP contribution in [0.2, 0.25) is 5.04 Å². The molecular weight excluding hydrogens is 572 g/mol. The average Bonchev–Trinajstić information content (AvgIpc) is 3.22. The Hall–Kier alpha value is -2.07. The lowest BCUT2D eigenvalue weighted by molar-refractivity contribution is -0.576. The minimum absolute atomic E-state index is 0.0828. The molecule has 7 nitrogen and oxygen atoms in total. The van der Waals surface area contributed by atoms with Crippen LogP contribution in [-0.4, -0.2) is 44.9 Å². The second-order valence-electron chi connectivity index (χ2n) is 15.5. The number of ether oxygens (including phenoxy) is 3. The van der Waals surface area contributed by atoms with E-state index in [1.54, 1.807) is 0 Å². The molecule has 44 heavy (non-hydrogen) atoms. The van der Waals surface area contributed by atoms with Crippen LogP contribution in [-0.2, 0) is 33.2 Å². The van der Waals surface area contributed by atoms with Gasteiger partial charge in [-0.05, 0) is 67.3 Å². The first-order valence-electron chi connectivity index (χ1n) is 16.4. The molecule has 2 bridgehead atoms. The molecule has 4 aliphatic heterocycles. The zero-order valence-electron chi connectivity index (χ0n) is 27.6. The number of rotatable bonds is 7. The lowest BCUT2D eigenvalue weighted by Gasteiger charge is -2.60. The van der Waals surface area contributed by atoms with Crippen LogP contribution in [0.5, 0.6) is 0 Å². The molecule has 8 heteroatoms. The van der Waals surface area contributed by atoms with Crippen LogP contribution in [0, 0.1) is 29.1 Å². The Morgan fingerprint density at radius 2 is 1.50 bits per heavy atom. The van der Waals surface area contributed by atoms with Gasteiger partial charge in [-0.25, -0.2) is 9.78 Å². The molecule has 0 unspecified atom stereocenters. The summed E-state index contributed by atoms with van der Waals surface area (Å²) in [6, 6.07) is 21.0. The third-order valence-electron chi connectivity index (χ3n) is 10.9. The Morgan fingerprint density at radius 3 is 2.09 bits per heavy atom. The molecule has 8 atom stereocenters. The highest BCUT2D eigenvalue weighted by atomic mass is 28.4. The lowest BCUT2D eigenvalue weighted by atomic mass is 9.58. The van der Waals surface area contributed by atoms with E-state index in [0.717, 1.165) is 25.7 Å².